The van der Waals surface area contributed by atoms with Crippen LogP contribution in [0.5, 0.6) is 17.2 Å². The lowest BCUT2D eigenvalue weighted by molar-refractivity contribution is -0.166. The lowest BCUT2D eigenvalue weighted by Crippen LogP contribution is -2.31. The lowest BCUT2D eigenvalue weighted by Gasteiger charge is -2.23. The van der Waals surface area contributed by atoms with Gasteiger partial charge >= 0.3 is 17.9 Å². The molecule has 0 atom stereocenters. The van der Waals surface area contributed by atoms with Gasteiger partial charge in [-0.25, -0.2) is 0 Å². The van der Waals surface area contributed by atoms with Crippen molar-refractivity contribution < 1.29 is 43.9 Å². The van der Waals surface area contributed by atoms with Crippen molar-refractivity contribution in [3.05, 3.63) is 86.5 Å². The summed E-state index contributed by atoms with van der Waals surface area (Å²) in [5.41, 5.74) is 6.35. The number of carbonyl (C=O) groups excluding carboxylic acids is 3. The van der Waals surface area contributed by atoms with Gasteiger partial charge in [-0.05, 0) is 106 Å². The Morgan fingerprint density at radius 2 is 0.778 bits per heavy atom. The molecule has 0 bridgehead atoms. The number of aromatic hydroxyl groups is 3. The van der Waals surface area contributed by atoms with E-state index in [2.05, 4.69) is 0 Å². The van der Waals surface area contributed by atoms with Gasteiger partial charge in [0.2, 0.25) is 0 Å². The highest BCUT2D eigenvalue weighted by atomic mass is 16.6. The number of ether oxygens (including phenoxy) is 3. The predicted octanol–water partition coefficient (Wildman–Crippen LogP) is 8.82. The van der Waals surface area contributed by atoms with Gasteiger partial charge in [0.1, 0.15) is 30.5 Å². The first-order chi connectivity index (χ1) is 24.9. The monoisotopic (exact) mass is 746 g/mol. The zero-order valence-electron chi connectivity index (χ0n) is 34.5. The van der Waals surface area contributed by atoms with Crippen LogP contribution in [-0.4, -0.2) is 52.5 Å². The summed E-state index contributed by atoms with van der Waals surface area (Å²) in [5.74, 6) is -0.817. The molecule has 0 saturated carbocycles. The Hall–Kier alpha value is -4.53. The SMILES string of the molecule is Cc1cc(CCC(=O)OCC(COC(=O)CCc2cc(C)c(O)c(C(C)(C)C)c2)OC(=O)CCc2cc(C)c(O)c(C(C)(C)C)c2)cc(C(C)(C)C)c1O. The van der Waals surface area contributed by atoms with E-state index in [0.717, 1.165) is 50.1 Å². The molecule has 54 heavy (non-hydrogen) atoms. The van der Waals surface area contributed by atoms with E-state index in [1.807, 2.05) is 119 Å². The minimum atomic E-state index is -1.02. The van der Waals surface area contributed by atoms with Crippen LogP contribution in [0.2, 0.25) is 0 Å². The van der Waals surface area contributed by atoms with E-state index < -0.39 is 24.0 Å². The van der Waals surface area contributed by atoms with Gasteiger partial charge in [-0.15, -0.1) is 0 Å². The molecule has 3 aromatic carbocycles. The number of carbonyl (C=O) groups is 3. The highest BCUT2D eigenvalue weighted by Gasteiger charge is 2.25. The molecule has 0 fully saturated rings. The van der Waals surface area contributed by atoms with Crippen LogP contribution < -0.4 is 0 Å². The number of hydrogen-bond donors (Lipinski definition) is 3. The fourth-order valence-electron chi connectivity index (χ4n) is 6.33. The number of rotatable bonds is 14. The first-order valence-electron chi connectivity index (χ1n) is 18.9. The number of phenols is 3. The van der Waals surface area contributed by atoms with Crippen molar-refractivity contribution in [2.24, 2.45) is 0 Å². The molecular formula is C45H62O9. The van der Waals surface area contributed by atoms with Gasteiger partial charge in [-0.1, -0.05) is 98.7 Å². The third kappa shape index (κ3) is 12.5. The summed E-state index contributed by atoms with van der Waals surface area (Å²) < 4.78 is 16.8. The summed E-state index contributed by atoms with van der Waals surface area (Å²) >= 11 is 0. The number of hydrogen-bond acceptors (Lipinski definition) is 9. The van der Waals surface area contributed by atoms with E-state index in [4.69, 9.17) is 14.2 Å². The summed E-state index contributed by atoms with van der Waals surface area (Å²) in [6.45, 7) is 23.0. The lowest BCUT2D eigenvalue weighted by atomic mass is 9.83. The third-order valence-electron chi connectivity index (χ3n) is 9.52. The van der Waals surface area contributed by atoms with E-state index in [-0.39, 0.29) is 66.0 Å². The molecule has 0 radical (unpaired) electrons. The zero-order chi connectivity index (χ0) is 40.8. The van der Waals surface area contributed by atoms with Gasteiger partial charge in [-0.2, -0.15) is 0 Å². The smallest absolute Gasteiger partial charge is 0.306 e. The summed E-state index contributed by atoms with van der Waals surface area (Å²) in [4.78, 5) is 38.9. The maximum Gasteiger partial charge on any atom is 0.306 e. The Balaban J connectivity index is 1.68. The van der Waals surface area contributed by atoms with Crippen LogP contribution in [0.15, 0.2) is 36.4 Å². The largest absolute Gasteiger partial charge is 0.507 e. The fraction of sp³-hybridized carbons (Fsp3) is 0.533. The van der Waals surface area contributed by atoms with Gasteiger partial charge in [0.05, 0.1) is 0 Å². The van der Waals surface area contributed by atoms with E-state index in [1.165, 1.54) is 0 Å². The van der Waals surface area contributed by atoms with Crippen molar-refractivity contribution in [1.82, 2.24) is 0 Å². The summed E-state index contributed by atoms with van der Waals surface area (Å²) in [7, 11) is 0. The van der Waals surface area contributed by atoms with Crippen LogP contribution >= 0.6 is 0 Å². The van der Waals surface area contributed by atoms with Crippen molar-refractivity contribution in [2.75, 3.05) is 13.2 Å². The molecule has 0 saturated heterocycles. The number of aryl methyl sites for hydroxylation is 6. The highest BCUT2D eigenvalue weighted by Crippen LogP contribution is 2.36. The Morgan fingerprint density at radius 3 is 1.06 bits per heavy atom. The van der Waals surface area contributed by atoms with E-state index in [0.29, 0.717) is 19.3 Å². The van der Waals surface area contributed by atoms with E-state index in [9.17, 15) is 29.7 Å². The van der Waals surface area contributed by atoms with Crippen molar-refractivity contribution >= 4 is 17.9 Å². The third-order valence-corrected chi connectivity index (χ3v) is 9.52. The molecule has 0 amide bonds. The van der Waals surface area contributed by atoms with E-state index >= 15 is 0 Å². The molecule has 0 aliphatic carbocycles. The zero-order valence-corrected chi connectivity index (χ0v) is 34.5. The van der Waals surface area contributed by atoms with Gasteiger partial charge in [0, 0.05) is 19.3 Å². The summed E-state index contributed by atoms with van der Waals surface area (Å²) in [6.07, 6.45) is 0.265. The second kappa shape index (κ2) is 17.7. The molecule has 9 heteroatoms. The molecule has 0 heterocycles. The molecule has 3 aromatic rings. The molecule has 0 aliphatic rings. The van der Waals surface area contributed by atoms with Gasteiger partial charge < -0.3 is 29.5 Å². The predicted molar refractivity (Wildman–Crippen MR) is 211 cm³/mol. The maximum absolute atomic E-state index is 13.1. The van der Waals surface area contributed by atoms with Crippen molar-refractivity contribution in [2.45, 2.75) is 144 Å². The molecule has 0 aliphatic heterocycles. The first-order valence-corrected chi connectivity index (χ1v) is 18.9. The van der Waals surface area contributed by atoms with E-state index in [1.54, 1.807) is 0 Å². The van der Waals surface area contributed by atoms with Crippen molar-refractivity contribution in [3.63, 3.8) is 0 Å². The molecule has 296 valence electrons. The van der Waals surface area contributed by atoms with Crippen molar-refractivity contribution in [3.8, 4) is 17.2 Å². The molecule has 0 spiro atoms. The fourth-order valence-corrected chi connectivity index (χ4v) is 6.33. The quantitative estimate of drug-likeness (QED) is 0.109. The summed E-state index contributed by atoms with van der Waals surface area (Å²) in [6, 6.07) is 11.3. The second-order valence-corrected chi connectivity index (χ2v) is 17.7. The Labute approximate surface area is 322 Å². The molecule has 9 nitrogen and oxygen atoms in total. The standard InChI is InChI=1S/C45H62O9/c1-27-19-30(22-34(40(27)49)43(4,5)6)13-16-37(46)52-25-33(54-39(48)18-15-32-21-29(3)42(51)36(24-32)45(10,11)12)26-53-38(47)17-14-31-20-28(2)41(50)35(23-31)44(7,8)9/h19-24,33,49-51H,13-18,25-26H2,1-12H3. The normalized spacial score (nSPS) is 12.2. The van der Waals surface area contributed by atoms with Crippen LogP contribution in [0.25, 0.3) is 0 Å². The molecule has 0 aromatic heterocycles. The number of benzene rings is 3. The minimum Gasteiger partial charge on any atom is -0.507 e. The number of esters is 3. The van der Waals surface area contributed by atoms with Crippen LogP contribution in [0.4, 0.5) is 0 Å². The van der Waals surface area contributed by atoms with Crippen LogP contribution in [0.1, 0.15) is 132 Å². The van der Waals surface area contributed by atoms with Gasteiger partial charge in [0.15, 0.2) is 6.10 Å². The summed E-state index contributed by atoms with van der Waals surface area (Å²) in [5, 5.41) is 31.8. The Bertz CT molecular complexity index is 1730. The maximum atomic E-state index is 13.1. The molecular weight excluding hydrogens is 684 g/mol. The van der Waals surface area contributed by atoms with Gasteiger partial charge in [0.25, 0.3) is 0 Å². The Kier molecular flexibility index (Phi) is 14.4. The molecule has 3 N–H and O–H groups in total. The van der Waals surface area contributed by atoms with Crippen molar-refractivity contribution in [1.29, 1.82) is 0 Å². The van der Waals surface area contributed by atoms with Crippen LogP contribution in [0.3, 0.4) is 0 Å². The first kappa shape index (κ1) is 43.9. The molecule has 0 unspecified atom stereocenters. The topological polar surface area (TPSA) is 140 Å². The van der Waals surface area contributed by atoms with Gasteiger partial charge in [-0.3, -0.25) is 14.4 Å². The average Bonchev–Trinajstić information content (AvgIpc) is 3.05. The van der Waals surface area contributed by atoms with Crippen LogP contribution in [0, 0.1) is 20.8 Å². The van der Waals surface area contributed by atoms with Crippen LogP contribution in [-0.2, 0) is 64.1 Å². The average molecular weight is 747 g/mol. The Morgan fingerprint density at radius 1 is 0.500 bits per heavy atom. The second-order valence-electron chi connectivity index (χ2n) is 17.7. The molecule has 3 rings (SSSR count). The minimum absolute atomic E-state index is 0.0266. The number of phenolic OH excluding ortho intramolecular Hbond substituents is 3. The highest BCUT2D eigenvalue weighted by molar-refractivity contribution is 5.72.